The van der Waals surface area contributed by atoms with E-state index >= 15 is 0 Å². The topological polar surface area (TPSA) is 108 Å². The average Bonchev–Trinajstić information content (AvgIpc) is 2.61. The summed E-state index contributed by atoms with van der Waals surface area (Å²) >= 11 is 0. The van der Waals surface area contributed by atoms with Crippen molar-refractivity contribution >= 4 is 23.3 Å². The Balaban J connectivity index is 2.00. The third-order valence-corrected chi connectivity index (χ3v) is 3.41. The number of anilines is 1. The molecule has 2 aromatic carbocycles. The van der Waals surface area contributed by atoms with Gasteiger partial charge in [-0.3, -0.25) is 14.9 Å². The van der Waals surface area contributed by atoms with Gasteiger partial charge in [-0.25, -0.2) is 9.18 Å². The Morgan fingerprint density at radius 3 is 2.62 bits per heavy atom. The van der Waals surface area contributed by atoms with Crippen LogP contribution in [0.2, 0.25) is 0 Å². The van der Waals surface area contributed by atoms with Gasteiger partial charge < -0.3 is 14.8 Å². The molecule has 0 radical (unpaired) electrons. The molecule has 0 fully saturated rings. The predicted molar refractivity (Wildman–Crippen MR) is 89.7 cm³/mol. The van der Waals surface area contributed by atoms with E-state index in [1.165, 1.54) is 19.2 Å². The number of rotatable bonds is 6. The van der Waals surface area contributed by atoms with Crippen LogP contribution in [0.25, 0.3) is 0 Å². The molecule has 26 heavy (non-hydrogen) atoms. The van der Waals surface area contributed by atoms with Gasteiger partial charge in [-0.2, -0.15) is 0 Å². The predicted octanol–water partition coefficient (Wildman–Crippen LogP) is 2.85. The molecule has 8 nitrogen and oxygen atoms in total. The first-order valence-corrected chi connectivity index (χ1v) is 7.37. The second-order valence-electron chi connectivity index (χ2n) is 5.23. The van der Waals surface area contributed by atoms with Crippen LogP contribution in [-0.4, -0.2) is 30.5 Å². The number of ether oxygens (including phenoxy) is 2. The van der Waals surface area contributed by atoms with Crippen molar-refractivity contribution in [3.63, 3.8) is 0 Å². The molecule has 0 unspecified atom stereocenters. The number of aryl methyl sites for hydroxylation is 1. The van der Waals surface area contributed by atoms with Gasteiger partial charge in [0, 0.05) is 12.1 Å². The lowest BCUT2D eigenvalue weighted by Crippen LogP contribution is -2.21. The Morgan fingerprint density at radius 1 is 1.23 bits per heavy atom. The maximum absolute atomic E-state index is 13.6. The van der Waals surface area contributed by atoms with Gasteiger partial charge in [-0.05, 0) is 30.7 Å². The summed E-state index contributed by atoms with van der Waals surface area (Å²) in [5.41, 5.74) is 0.243. The zero-order valence-corrected chi connectivity index (χ0v) is 13.9. The van der Waals surface area contributed by atoms with Crippen molar-refractivity contribution in [1.82, 2.24) is 0 Å². The van der Waals surface area contributed by atoms with Gasteiger partial charge in [0.1, 0.15) is 11.6 Å². The smallest absolute Gasteiger partial charge is 0.338 e. The first-order valence-electron chi connectivity index (χ1n) is 7.37. The quantitative estimate of drug-likeness (QED) is 0.481. The Morgan fingerprint density at radius 2 is 1.96 bits per heavy atom. The van der Waals surface area contributed by atoms with E-state index in [1.807, 2.05) is 0 Å². The number of nitrogens with one attached hydrogen (secondary N) is 1. The number of carbonyl (C=O) groups excluding carboxylic acids is 2. The minimum absolute atomic E-state index is 0.182. The van der Waals surface area contributed by atoms with Crippen LogP contribution in [0.1, 0.15) is 15.9 Å². The second-order valence-corrected chi connectivity index (χ2v) is 5.23. The second kappa shape index (κ2) is 8.06. The highest BCUT2D eigenvalue weighted by atomic mass is 19.1. The molecule has 9 heteroatoms. The van der Waals surface area contributed by atoms with Crippen molar-refractivity contribution in [2.75, 3.05) is 19.0 Å². The largest absolute Gasteiger partial charge is 0.496 e. The van der Waals surface area contributed by atoms with Crippen molar-refractivity contribution in [2.24, 2.45) is 0 Å². The summed E-state index contributed by atoms with van der Waals surface area (Å²) < 4.78 is 23.6. The third-order valence-electron chi connectivity index (χ3n) is 3.41. The van der Waals surface area contributed by atoms with Gasteiger partial charge in [0.15, 0.2) is 6.61 Å². The number of methoxy groups -OCH3 is 1. The number of nitrogens with zero attached hydrogens (tertiary/aromatic N) is 1. The highest BCUT2D eigenvalue weighted by molar-refractivity contribution is 5.96. The zero-order chi connectivity index (χ0) is 19.3. The molecule has 0 spiro atoms. The van der Waals surface area contributed by atoms with Crippen LogP contribution in [0.5, 0.6) is 5.75 Å². The monoisotopic (exact) mass is 362 g/mol. The van der Waals surface area contributed by atoms with E-state index in [1.54, 1.807) is 13.0 Å². The Hall–Kier alpha value is -3.49. The number of hydrogen-bond acceptors (Lipinski definition) is 6. The Bertz CT molecular complexity index is 868. The first-order chi connectivity index (χ1) is 12.3. The zero-order valence-electron chi connectivity index (χ0n) is 13.9. The van der Waals surface area contributed by atoms with Gasteiger partial charge in [-0.15, -0.1) is 0 Å². The number of halogens is 1. The summed E-state index contributed by atoms with van der Waals surface area (Å²) in [6.45, 7) is 1.12. The first kappa shape index (κ1) is 18.8. The van der Waals surface area contributed by atoms with Crippen LogP contribution >= 0.6 is 0 Å². The molecular formula is C17H15FN2O6. The van der Waals surface area contributed by atoms with E-state index < -0.39 is 29.2 Å². The van der Waals surface area contributed by atoms with Gasteiger partial charge in [0.05, 0.1) is 23.3 Å². The molecule has 2 aromatic rings. The molecule has 0 aliphatic rings. The lowest BCUT2D eigenvalue weighted by atomic mass is 10.1. The number of non-ortho nitro benzene ring substituents is 1. The maximum Gasteiger partial charge on any atom is 0.338 e. The molecule has 0 saturated heterocycles. The molecule has 1 amide bonds. The minimum Gasteiger partial charge on any atom is -0.496 e. The van der Waals surface area contributed by atoms with E-state index in [2.05, 4.69) is 5.32 Å². The molecule has 1 N–H and O–H groups in total. The summed E-state index contributed by atoms with van der Waals surface area (Å²) in [6.07, 6.45) is 0. The molecular weight excluding hydrogens is 347 g/mol. The highest BCUT2D eigenvalue weighted by Crippen LogP contribution is 2.21. The van der Waals surface area contributed by atoms with E-state index in [4.69, 9.17) is 9.47 Å². The Kier molecular flexibility index (Phi) is 5.84. The fourth-order valence-corrected chi connectivity index (χ4v) is 2.07. The molecule has 0 saturated carbocycles. The van der Waals surface area contributed by atoms with Crippen molar-refractivity contribution in [3.8, 4) is 5.75 Å². The van der Waals surface area contributed by atoms with E-state index in [0.717, 1.165) is 23.8 Å². The van der Waals surface area contributed by atoms with Crippen LogP contribution < -0.4 is 10.1 Å². The molecule has 0 aromatic heterocycles. The van der Waals surface area contributed by atoms with Crippen molar-refractivity contribution in [1.29, 1.82) is 0 Å². The molecule has 0 atom stereocenters. The Labute approximate surface area is 147 Å². The number of nitro groups is 1. The van der Waals surface area contributed by atoms with Gasteiger partial charge in [-0.1, -0.05) is 6.07 Å². The lowest BCUT2D eigenvalue weighted by molar-refractivity contribution is -0.384. The molecule has 0 heterocycles. The number of amides is 1. The van der Waals surface area contributed by atoms with Gasteiger partial charge >= 0.3 is 5.97 Å². The summed E-state index contributed by atoms with van der Waals surface area (Å²) in [6, 6.07) is 7.34. The van der Waals surface area contributed by atoms with Gasteiger partial charge in [0.25, 0.3) is 11.6 Å². The standard InChI is InChI=1S/C17H15FN2O6/c1-10-3-4-11(7-15(10)25-2)17(22)26-9-16(21)19-14-8-12(20(23)24)5-6-13(14)18/h3-8H,9H2,1-2H3,(H,19,21). The average molecular weight is 362 g/mol. The van der Waals surface area contributed by atoms with Crippen LogP contribution in [0.3, 0.4) is 0 Å². The van der Waals surface area contributed by atoms with E-state index in [9.17, 15) is 24.1 Å². The summed E-state index contributed by atoms with van der Waals surface area (Å²) in [7, 11) is 1.46. The number of carbonyl (C=O) groups is 2. The molecule has 0 aliphatic carbocycles. The molecule has 0 bridgehead atoms. The normalized spacial score (nSPS) is 10.1. The van der Waals surface area contributed by atoms with Crippen LogP contribution in [0.4, 0.5) is 15.8 Å². The lowest BCUT2D eigenvalue weighted by Gasteiger charge is -2.09. The number of nitro benzene ring substituents is 1. The molecule has 136 valence electrons. The SMILES string of the molecule is COc1cc(C(=O)OCC(=O)Nc2cc([N+](=O)[O-])ccc2F)ccc1C. The number of benzene rings is 2. The highest BCUT2D eigenvalue weighted by Gasteiger charge is 2.15. The van der Waals surface area contributed by atoms with Crippen LogP contribution in [0.15, 0.2) is 36.4 Å². The summed E-state index contributed by atoms with van der Waals surface area (Å²) in [5, 5.41) is 12.8. The van der Waals surface area contributed by atoms with Crippen LogP contribution in [-0.2, 0) is 9.53 Å². The third kappa shape index (κ3) is 4.53. The van der Waals surface area contributed by atoms with Crippen molar-refractivity contribution < 1.29 is 28.4 Å². The fraction of sp³-hybridized carbons (Fsp3) is 0.176. The van der Waals surface area contributed by atoms with Gasteiger partial charge in [0.2, 0.25) is 0 Å². The van der Waals surface area contributed by atoms with E-state index in [-0.39, 0.29) is 16.9 Å². The molecule has 2 rings (SSSR count). The maximum atomic E-state index is 13.6. The summed E-state index contributed by atoms with van der Waals surface area (Å²) in [4.78, 5) is 33.7. The number of hydrogen-bond donors (Lipinski definition) is 1. The minimum atomic E-state index is -0.849. The van der Waals surface area contributed by atoms with Crippen molar-refractivity contribution in [3.05, 3.63) is 63.5 Å². The number of esters is 1. The van der Waals surface area contributed by atoms with Crippen LogP contribution in [0, 0.1) is 22.9 Å². The molecule has 0 aliphatic heterocycles. The summed E-state index contributed by atoms with van der Waals surface area (Å²) in [5.74, 6) is -1.96. The fourth-order valence-electron chi connectivity index (χ4n) is 2.07. The van der Waals surface area contributed by atoms with E-state index in [0.29, 0.717) is 5.75 Å². The van der Waals surface area contributed by atoms with Crippen molar-refractivity contribution in [2.45, 2.75) is 6.92 Å².